The summed E-state index contributed by atoms with van der Waals surface area (Å²) in [5, 5.41) is 3.69. The van der Waals surface area contributed by atoms with E-state index >= 15 is 0 Å². The maximum Gasteiger partial charge on any atom is 0.181 e. The number of nitrogens with one attached hydrogen (secondary N) is 1. The van der Waals surface area contributed by atoms with Crippen molar-refractivity contribution in [2.24, 2.45) is 0 Å². The van der Waals surface area contributed by atoms with Crippen molar-refractivity contribution in [3.63, 3.8) is 0 Å². The van der Waals surface area contributed by atoms with Crippen LogP contribution in [-0.2, 0) is 9.84 Å². The molecule has 0 aliphatic heterocycles. The first-order chi connectivity index (χ1) is 9.59. The molecule has 112 valence electrons. The highest BCUT2D eigenvalue weighted by molar-refractivity contribution is 7.91. The highest BCUT2D eigenvalue weighted by Gasteiger charge is 2.18. The Morgan fingerprint density at radius 2 is 1.75 bits per heavy atom. The molecule has 3 nitrogen and oxygen atoms in total. The van der Waals surface area contributed by atoms with Crippen LogP contribution in [0.5, 0.6) is 0 Å². The molecule has 1 aliphatic carbocycles. The molecule has 0 spiro atoms. The third-order valence-electron chi connectivity index (χ3n) is 3.83. The number of sulfone groups is 1. The molecule has 1 aromatic carbocycles. The minimum atomic E-state index is -3.30. The van der Waals surface area contributed by atoms with Crippen LogP contribution in [-0.4, -0.2) is 26.8 Å². The van der Waals surface area contributed by atoms with Gasteiger partial charge in [-0.2, -0.15) is 0 Å². The molecular formula is C15H22ClNO2S. The van der Waals surface area contributed by atoms with Crippen LogP contribution in [0.3, 0.4) is 0 Å². The lowest BCUT2D eigenvalue weighted by atomic mass is 10.1. The van der Waals surface area contributed by atoms with E-state index in [1.807, 2.05) is 0 Å². The smallest absolute Gasteiger partial charge is 0.181 e. The van der Waals surface area contributed by atoms with Crippen LogP contribution < -0.4 is 5.32 Å². The summed E-state index contributed by atoms with van der Waals surface area (Å²) in [6, 6.07) is 7.11. The number of hydrogen-bond acceptors (Lipinski definition) is 3. The third-order valence-corrected chi connectivity index (χ3v) is 6.04. The second-order valence-electron chi connectivity index (χ2n) is 5.39. The van der Waals surface area contributed by atoms with Gasteiger partial charge in [0.25, 0.3) is 0 Å². The van der Waals surface area contributed by atoms with Gasteiger partial charge in [-0.1, -0.05) is 49.4 Å². The second kappa shape index (κ2) is 7.43. The monoisotopic (exact) mass is 315 g/mol. The van der Waals surface area contributed by atoms with E-state index in [9.17, 15) is 8.42 Å². The molecule has 0 amide bonds. The topological polar surface area (TPSA) is 46.2 Å². The van der Waals surface area contributed by atoms with Gasteiger partial charge in [0, 0.05) is 12.6 Å². The molecule has 1 saturated carbocycles. The Balaban J connectivity index is 1.88. The lowest BCUT2D eigenvalue weighted by Gasteiger charge is -2.16. The van der Waals surface area contributed by atoms with Crippen LogP contribution in [0.15, 0.2) is 29.2 Å². The summed E-state index contributed by atoms with van der Waals surface area (Å²) >= 11 is 5.96. The maximum atomic E-state index is 12.2. The summed E-state index contributed by atoms with van der Waals surface area (Å²) in [4.78, 5) is 0.240. The molecule has 0 unspecified atom stereocenters. The van der Waals surface area contributed by atoms with Crippen molar-refractivity contribution in [2.75, 3.05) is 12.3 Å². The number of rotatable bonds is 5. The van der Waals surface area contributed by atoms with Gasteiger partial charge in [0.2, 0.25) is 0 Å². The Labute approximate surface area is 126 Å². The van der Waals surface area contributed by atoms with Crippen LogP contribution in [0.4, 0.5) is 0 Å². The summed E-state index contributed by atoms with van der Waals surface area (Å²) in [5.74, 6) is 0.104. The van der Waals surface area contributed by atoms with Gasteiger partial charge in [0.1, 0.15) is 0 Å². The molecule has 1 aliphatic rings. The van der Waals surface area contributed by atoms with Crippen molar-refractivity contribution in [1.82, 2.24) is 5.32 Å². The van der Waals surface area contributed by atoms with Gasteiger partial charge in [-0.15, -0.1) is 0 Å². The van der Waals surface area contributed by atoms with Gasteiger partial charge in [0.15, 0.2) is 9.84 Å². The first-order valence-corrected chi connectivity index (χ1v) is 9.33. The van der Waals surface area contributed by atoms with E-state index in [-0.39, 0.29) is 10.6 Å². The highest BCUT2D eigenvalue weighted by atomic mass is 35.5. The molecule has 0 aromatic heterocycles. The zero-order chi connectivity index (χ0) is 14.4. The maximum absolute atomic E-state index is 12.2. The third kappa shape index (κ3) is 4.47. The average Bonchev–Trinajstić information content (AvgIpc) is 2.67. The van der Waals surface area contributed by atoms with Gasteiger partial charge in [-0.3, -0.25) is 0 Å². The van der Waals surface area contributed by atoms with Crippen molar-refractivity contribution in [3.05, 3.63) is 29.3 Å². The molecule has 0 saturated heterocycles. The Morgan fingerprint density at radius 3 is 2.40 bits per heavy atom. The van der Waals surface area contributed by atoms with Gasteiger partial charge in [-0.25, -0.2) is 8.42 Å². The predicted molar refractivity (Wildman–Crippen MR) is 83.0 cm³/mol. The summed E-state index contributed by atoms with van der Waals surface area (Å²) in [7, 11) is -3.30. The van der Waals surface area contributed by atoms with Crippen LogP contribution in [0.25, 0.3) is 0 Å². The Morgan fingerprint density at radius 1 is 1.10 bits per heavy atom. The fraction of sp³-hybridized carbons (Fsp3) is 0.600. The first-order valence-electron chi connectivity index (χ1n) is 7.30. The number of halogens is 1. The Hall–Kier alpha value is -0.580. The summed E-state index contributed by atoms with van der Waals surface area (Å²) in [6.07, 6.45) is 7.41. The highest BCUT2D eigenvalue weighted by Crippen LogP contribution is 2.22. The van der Waals surface area contributed by atoms with Gasteiger partial charge in [-0.05, 0) is 25.0 Å². The lowest BCUT2D eigenvalue weighted by molar-refractivity contribution is 0.471. The zero-order valence-electron chi connectivity index (χ0n) is 11.6. The van der Waals surface area contributed by atoms with Gasteiger partial charge < -0.3 is 5.32 Å². The molecule has 20 heavy (non-hydrogen) atoms. The summed E-state index contributed by atoms with van der Waals surface area (Å²) in [6.45, 7) is 0.498. The van der Waals surface area contributed by atoms with Crippen molar-refractivity contribution in [3.8, 4) is 0 Å². The van der Waals surface area contributed by atoms with E-state index in [1.165, 1.54) is 25.7 Å². The summed E-state index contributed by atoms with van der Waals surface area (Å²) < 4.78 is 24.5. The van der Waals surface area contributed by atoms with Crippen molar-refractivity contribution in [1.29, 1.82) is 0 Å². The molecule has 2 rings (SSSR count). The van der Waals surface area contributed by atoms with Crippen molar-refractivity contribution >= 4 is 21.4 Å². The molecule has 0 bridgehead atoms. The fourth-order valence-electron chi connectivity index (χ4n) is 2.69. The molecule has 0 heterocycles. The van der Waals surface area contributed by atoms with Gasteiger partial charge in [0.05, 0.1) is 15.7 Å². The Bertz CT molecular complexity index is 522. The molecule has 1 N–H and O–H groups in total. The van der Waals surface area contributed by atoms with E-state index in [0.29, 0.717) is 17.6 Å². The van der Waals surface area contributed by atoms with Crippen molar-refractivity contribution in [2.45, 2.75) is 49.5 Å². The molecular weight excluding hydrogens is 294 g/mol. The molecule has 1 fully saturated rings. The lowest BCUT2D eigenvalue weighted by Crippen LogP contribution is -2.32. The number of benzene rings is 1. The van der Waals surface area contributed by atoms with E-state index in [4.69, 9.17) is 11.6 Å². The Kier molecular flexibility index (Phi) is 5.87. The SMILES string of the molecule is O=S(=O)(CCNC1CCCCCC1)c1ccccc1Cl. The quantitative estimate of drug-likeness (QED) is 0.847. The molecule has 5 heteroatoms. The molecule has 1 aromatic rings. The van der Waals surface area contributed by atoms with Crippen molar-refractivity contribution < 1.29 is 8.42 Å². The second-order valence-corrected chi connectivity index (χ2v) is 7.88. The predicted octanol–water partition coefficient (Wildman–Crippen LogP) is 3.43. The van der Waals surface area contributed by atoms with Crippen LogP contribution in [0.1, 0.15) is 38.5 Å². The molecule has 0 radical (unpaired) electrons. The standard InChI is InChI=1S/C15H22ClNO2S/c16-14-9-5-6-10-15(14)20(18,19)12-11-17-13-7-3-1-2-4-8-13/h5-6,9-10,13,17H,1-4,7-8,11-12H2. The molecule has 0 atom stereocenters. The normalized spacial score (nSPS) is 17.9. The van der Waals surface area contributed by atoms with E-state index in [2.05, 4.69) is 5.32 Å². The summed E-state index contributed by atoms with van der Waals surface area (Å²) in [5.41, 5.74) is 0. The van der Waals surface area contributed by atoms with E-state index in [0.717, 1.165) is 12.8 Å². The largest absolute Gasteiger partial charge is 0.313 e. The van der Waals surface area contributed by atoms with Crippen LogP contribution >= 0.6 is 11.6 Å². The van der Waals surface area contributed by atoms with E-state index < -0.39 is 9.84 Å². The van der Waals surface area contributed by atoms with Crippen LogP contribution in [0.2, 0.25) is 5.02 Å². The first kappa shape index (κ1) is 15.8. The zero-order valence-corrected chi connectivity index (χ0v) is 13.2. The minimum Gasteiger partial charge on any atom is -0.313 e. The van der Waals surface area contributed by atoms with E-state index in [1.54, 1.807) is 24.3 Å². The fourth-order valence-corrected chi connectivity index (χ4v) is 4.43. The average molecular weight is 316 g/mol. The minimum absolute atomic E-state index is 0.104. The number of hydrogen-bond donors (Lipinski definition) is 1. The van der Waals surface area contributed by atoms with Crippen LogP contribution in [0, 0.1) is 0 Å². The van der Waals surface area contributed by atoms with Gasteiger partial charge >= 0.3 is 0 Å².